The standard InChI is InChI=1S/C34H35N5O4/c40-31-27(18-22-10-3-1-4-11-22)37-33(42)30-16-9-17-39(30)34(43)29(19-23-12-5-2-6-13-23)38-32(41)28(36-31)20-24-21-35-26-15-8-7-14-25(24)26/h1-8,10-15,21,27-30,35H,9,16-20H2,(H,36,40)(H,37,42)(H,38,41)/t27-,28+,29+,30?/m1/s1. The minimum absolute atomic E-state index is 0.201. The molecule has 3 aromatic carbocycles. The van der Waals surface area contributed by atoms with E-state index in [1.165, 1.54) is 0 Å². The van der Waals surface area contributed by atoms with Gasteiger partial charge < -0.3 is 25.8 Å². The first-order valence-electron chi connectivity index (χ1n) is 14.8. The highest BCUT2D eigenvalue weighted by molar-refractivity contribution is 5.98. The normalized spacial score (nSPS) is 23.1. The molecular weight excluding hydrogens is 542 g/mol. The lowest BCUT2D eigenvalue weighted by molar-refractivity contribution is -0.143. The molecule has 3 heterocycles. The lowest BCUT2D eigenvalue weighted by Crippen LogP contribution is -2.62. The van der Waals surface area contributed by atoms with Gasteiger partial charge in [-0.3, -0.25) is 19.2 Å². The quantitative estimate of drug-likeness (QED) is 0.281. The number of rotatable bonds is 6. The number of aromatic nitrogens is 1. The summed E-state index contributed by atoms with van der Waals surface area (Å²) in [6, 6.07) is 23.1. The Hall–Kier alpha value is -4.92. The number of nitrogens with one attached hydrogen (secondary N) is 4. The van der Waals surface area contributed by atoms with Crippen LogP contribution in [0.25, 0.3) is 10.9 Å². The highest BCUT2D eigenvalue weighted by Gasteiger charge is 2.40. The number of aromatic amines is 1. The maximum atomic E-state index is 14.0. The number of hydrogen-bond donors (Lipinski definition) is 4. The highest BCUT2D eigenvalue weighted by Crippen LogP contribution is 2.22. The predicted molar refractivity (Wildman–Crippen MR) is 163 cm³/mol. The van der Waals surface area contributed by atoms with Gasteiger partial charge in [0.25, 0.3) is 0 Å². The zero-order valence-electron chi connectivity index (χ0n) is 23.8. The summed E-state index contributed by atoms with van der Waals surface area (Å²) in [5.74, 6) is -1.56. The average Bonchev–Trinajstić information content (AvgIpc) is 3.68. The van der Waals surface area contributed by atoms with Crippen LogP contribution in [0.4, 0.5) is 0 Å². The third-order valence-corrected chi connectivity index (χ3v) is 8.38. The van der Waals surface area contributed by atoms with Gasteiger partial charge in [-0.15, -0.1) is 0 Å². The van der Waals surface area contributed by atoms with Crippen molar-refractivity contribution in [3.8, 4) is 0 Å². The number of fused-ring (bicyclic) bond motifs is 2. The number of nitrogens with zero attached hydrogens (tertiary/aromatic N) is 1. The van der Waals surface area contributed by atoms with E-state index >= 15 is 0 Å². The van der Waals surface area contributed by atoms with Crippen molar-refractivity contribution >= 4 is 34.5 Å². The molecule has 6 rings (SSSR count). The highest BCUT2D eigenvalue weighted by atomic mass is 16.2. The second-order valence-corrected chi connectivity index (χ2v) is 11.3. The van der Waals surface area contributed by atoms with Gasteiger partial charge in [0.2, 0.25) is 23.6 Å². The maximum absolute atomic E-state index is 14.0. The van der Waals surface area contributed by atoms with E-state index in [2.05, 4.69) is 20.9 Å². The molecule has 4 atom stereocenters. The van der Waals surface area contributed by atoms with E-state index in [0.29, 0.717) is 19.4 Å². The Kier molecular flexibility index (Phi) is 8.22. The first-order chi connectivity index (χ1) is 21.0. The number of carbonyl (C=O) groups is 4. The van der Waals surface area contributed by atoms with Gasteiger partial charge in [0, 0.05) is 42.9 Å². The van der Waals surface area contributed by atoms with Gasteiger partial charge in [-0.05, 0) is 35.6 Å². The van der Waals surface area contributed by atoms with E-state index in [1.54, 1.807) is 4.90 Å². The summed E-state index contributed by atoms with van der Waals surface area (Å²) >= 11 is 0. The van der Waals surface area contributed by atoms with E-state index in [-0.39, 0.29) is 31.1 Å². The smallest absolute Gasteiger partial charge is 0.246 e. The van der Waals surface area contributed by atoms with Crippen LogP contribution in [0.3, 0.4) is 0 Å². The van der Waals surface area contributed by atoms with E-state index in [4.69, 9.17) is 0 Å². The first-order valence-corrected chi connectivity index (χ1v) is 14.8. The van der Waals surface area contributed by atoms with Crippen LogP contribution in [0.15, 0.2) is 91.1 Å². The van der Waals surface area contributed by atoms with Crippen LogP contribution >= 0.6 is 0 Å². The molecule has 0 bridgehead atoms. The zero-order valence-corrected chi connectivity index (χ0v) is 23.8. The second kappa shape index (κ2) is 12.5. The zero-order chi connectivity index (χ0) is 29.8. The van der Waals surface area contributed by atoms with E-state index in [9.17, 15) is 19.2 Å². The molecule has 4 N–H and O–H groups in total. The van der Waals surface area contributed by atoms with Gasteiger partial charge in [-0.25, -0.2) is 0 Å². The summed E-state index contributed by atoms with van der Waals surface area (Å²) < 4.78 is 0. The van der Waals surface area contributed by atoms with Crippen LogP contribution in [0.5, 0.6) is 0 Å². The fourth-order valence-electron chi connectivity index (χ4n) is 6.15. The topological polar surface area (TPSA) is 123 Å². The molecule has 2 fully saturated rings. The molecule has 0 saturated carbocycles. The molecule has 4 amide bonds. The van der Waals surface area contributed by atoms with Crippen LogP contribution in [-0.4, -0.2) is 64.2 Å². The van der Waals surface area contributed by atoms with Crippen molar-refractivity contribution in [1.29, 1.82) is 0 Å². The van der Waals surface area contributed by atoms with Crippen molar-refractivity contribution in [2.45, 2.75) is 56.3 Å². The summed E-state index contributed by atoms with van der Waals surface area (Å²) in [6.07, 6.45) is 3.70. The average molecular weight is 578 g/mol. The molecule has 9 heteroatoms. The molecule has 2 aliphatic rings. The molecular formula is C34H35N5O4. The number of carbonyl (C=O) groups excluding carboxylic acids is 4. The molecule has 0 spiro atoms. The van der Waals surface area contributed by atoms with Crippen LogP contribution in [0.1, 0.15) is 29.5 Å². The first kappa shape index (κ1) is 28.2. The Morgan fingerprint density at radius 1 is 0.628 bits per heavy atom. The fourth-order valence-corrected chi connectivity index (χ4v) is 6.15. The molecule has 220 valence electrons. The number of H-pyrrole nitrogens is 1. The summed E-state index contributed by atoms with van der Waals surface area (Å²) in [5.41, 5.74) is 3.53. The third kappa shape index (κ3) is 6.30. The number of hydrogen-bond acceptors (Lipinski definition) is 4. The van der Waals surface area contributed by atoms with Gasteiger partial charge >= 0.3 is 0 Å². The third-order valence-electron chi connectivity index (χ3n) is 8.38. The minimum atomic E-state index is -0.984. The van der Waals surface area contributed by atoms with Crippen molar-refractivity contribution < 1.29 is 19.2 Å². The van der Waals surface area contributed by atoms with Gasteiger partial charge in [0.15, 0.2) is 0 Å². The molecule has 2 saturated heterocycles. The largest absolute Gasteiger partial charge is 0.361 e. The lowest BCUT2D eigenvalue weighted by atomic mass is 9.99. The van der Waals surface area contributed by atoms with Crippen molar-refractivity contribution in [2.75, 3.05) is 6.54 Å². The molecule has 0 radical (unpaired) electrons. The molecule has 43 heavy (non-hydrogen) atoms. The molecule has 4 aromatic rings. The van der Waals surface area contributed by atoms with Crippen molar-refractivity contribution in [2.24, 2.45) is 0 Å². The summed E-state index contributed by atoms with van der Waals surface area (Å²) in [6.45, 7) is 0.409. The van der Waals surface area contributed by atoms with Gasteiger partial charge in [0.05, 0.1) is 0 Å². The summed E-state index contributed by atoms with van der Waals surface area (Å²) in [4.78, 5) is 60.3. The number of amides is 4. The molecule has 2 aliphatic heterocycles. The van der Waals surface area contributed by atoms with Crippen LogP contribution in [0, 0.1) is 0 Å². The Labute approximate surface area is 250 Å². The van der Waals surface area contributed by atoms with E-state index < -0.39 is 36.0 Å². The lowest BCUT2D eigenvalue weighted by Gasteiger charge is -2.32. The molecule has 1 aromatic heterocycles. The maximum Gasteiger partial charge on any atom is 0.246 e. The van der Waals surface area contributed by atoms with Crippen LogP contribution in [-0.2, 0) is 38.4 Å². The predicted octanol–water partition coefficient (Wildman–Crippen LogP) is 2.65. The summed E-state index contributed by atoms with van der Waals surface area (Å²) in [7, 11) is 0. The Balaban J connectivity index is 1.36. The fraction of sp³-hybridized carbons (Fsp3) is 0.294. The second-order valence-electron chi connectivity index (χ2n) is 11.3. The number of benzene rings is 3. The van der Waals surface area contributed by atoms with Crippen molar-refractivity contribution in [3.63, 3.8) is 0 Å². The summed E-state index contributed by atoms with van der Waals surface area (Å²) in [5, 5.41) is 9.78. The minimum Gasteiger partial charge on any atom is -0.361 e. The van der Waals surface area contributed by atoms with Crippen LogP contribution in [0.2, 0.25) is 0 Å². The Bertz CT molecular complexity index is 1620. The Morgan fingerprint density at radius 3 is 1.88 bits per heavy atom. The molecule has 0 aliphatic carbocycles. The van der Waals surface area contributed by atoms with E-state index in [0.717, 1.165) is 27.6 Å². The SMILES string of the molecule is O=C1N[C@H](Cc2ccccc2)C(=O)N[C@@H](Cc2c[nH]c3ccccc23)C(=O)N[C@@H](Cc2ccccc2)C(=O)N2CCCC12. The van der Waals surface area contributed by atoms with Gasteiger partial charge in [-0.2, -0.15) is 0 Å². The van der Waals surface area contributed by atoms with Gasteiger partial charge in [0.1, 0.15) is 24.2 Å². The van der Waals surface area contributed by atoms with Crippen molar-refractivity contribution in [3.05, 3.63) is 108 Å². The molecule has 1 unspecified atom stereocenters. The number of para-hydroxylation sites is 1. The monoisotopic (exact) mass is 577 g/mol. The van der Waals surface area contributed by atoms with Gasteiger partial charge in [-0.1, -0.05) is 78.9 Å². The van der Waals surface area contributed by atoms with Crippen LogP contribution < -0.4 is 16.0 Å². The Morgan fingerprint density at radius 2 is 1.19 bits per heavy atom. The van der Waals surface area contributed by atoms with Crippen molar-refractivity contribution in [1.82, 2.24) is 25.8 Å². The van der Waals surface area contributed by atoms with E-state index in [1.807, 2.05) is 91.1 Å². The molecule has 9 nitrogen and oxygen atoms in total.